The largest absolute Gasteiger partial charge is 0.273 e. The number of hydrogen-bond donors (Lipinski definition) is 2. The van der Waals surface area contributed by atoms with E-state index in [-0.39, 0.29) is 11.8 Å². The molecule has 2 rings (SSSR count). The molecule has 188 valence electrons. The van der Waals surface area contributed by atoms with Crippen molar-refractivity contribution in [2.45, 2.75) is 72.6 Å². The van der Waals surface area contributed by atoms with Crippen LogP contribution in [-0.4, -0.2) is 23.2 Å². The van der Waals surface area contributed by atoms with E-state index in [9.17, 15) is 9.59 Å². The van der Waals surface area contributed by atoms with E-state index in [0.29, 0.717) is 37.5 Å². The number of nitrogens with one attached hydrogen (secondary N) is 2. The molecule has 0 radical (unpaired) electrons. The predicted octanol–water partition coefficient (Wildman–Crippen LogP) is 6.07. The Labute approximate surface area is 210 Å². The standard InChI is InChI=1S/C29H40N4O2/c1-22(2)20-26(24-14-8-5-9-15-24)30-32-28(34)18-12-7-13-19-29(35)33-31-27(21-23(3)4)25-16-10-6-11-17-25/h5-6,8-11,14-17,22-23H,7,12-13,18-21H2,1-4H3,(H,32,34)(H,33,35). The molecule has 2 N–H and O–H groups in total. The van der Waals surface area contributed by atoms with E-state index in [2.05, 4.69) is 48.7 Å². The van der Waals surface area contributed by atoms with Gasteiger partial charge in [-0.1, -0.05) is 94.8 Å². The first-order valence-corrected chi connectivity index (χ1v) is 12.7. The summed E-state index contributed by atoms with van der Waals surface area (Å²) < 4.78 is 0. The van der Waals surface area contributed by atoms with Gasteiger partial charge in [0.2, 0.25) is 11.8 Å². The molecule has 0 saturated carbocycles. The zero-order chi connectivity index (χ0) is 25.5. The minimum atomic E-state index is -0.0996. The topological polar surface area (TPSA) is 82.9 Å². The summed E-state index contributed by atoms with van der Waals surface area (Å²) in [5.41, 5.74) is 9.23. The fourth-order valence-electron chi connectivity index (χ4n) is 3.61. The Morgan fingerprint density at radius 2 is 1.00 bits per heavy atom. The molecular weight excluding hydrogens is 436 g/mol. The van der Waals surface area contributed by atoms with Gasteiger partial charge in [0.1, 0.15) is 0 Å². The van der Waals surface area contributed by atoms with Gasteiger partial charge in [-0.05, 0) is 48.6 Å². The second-order valence-electron chi connectivity index (χ2n) is 9.68. The lowest BCUT2D eigenvalue weighted by molar-refractivity contribution is -0.121. The van der Waals surface area contributed by atoms with E-state index in [4.69, 9.17) is 0 Å². The molecule has 0 aliphatic carbocycles. The minimum absolute atomic E-state index is 0.0996. The van der Waals surface area contributed by atoms with Gasteiger partial charge in [-0.3, -0.25) is 9.59 Å². The number of benzene rings is 2. The first-order chi connectivity index (χ1) is 16.8. The van der Waals surface area contributed by atoms with Crippen LogP contribution in [0.2, 0.25) is 0 Å². The van der Waals surface area contributed by atoms with Crippen molar-refractivity contribution in [1.29, 1.82) is 0 Å². The van der Waals surface area contributed by atoms with E-state index >= 15 is 0 Å². The zero-order valence-corrected chi connectivity index (χ0v) is 21.6. The third-order valence-electron chi connectivity index (χ3n) is 5.36. The normalized spacial score (nSPS) is 12.2. The van der Waals surface area contributed by atoms with Crippen LogP contribution in [0, 0.1) is 11.8 Å². The van der Waals surface area contributed by atoms with Crippen molar-refractivity contribution in [3.05, 3.63) is 71.8 Å². The van der Waals surface area contributed by atoms with Crippen LogP contribution in [0.3, 0.4) is 0 Å². The Kier molecular flexibility index (Phi) is 12.5. The quantitative estimate of drug-likeness (QED) is 0.197. The van der Waals surface area contributed by atoms with Crippen LogP contribution in [-0.2, 0) is 9.59 Å². The van der Waals surface area contributed by atoms with Crippen molar-refractivity contribution in [1.82, 2.24) is 10.9 Å². The maximum Gasteiger partial charge on any atom is 0.240 e. The summed E-state index contributed by atoms with van der Waals surface area (Å²) >= 11 is 0. The van der Waals surface area contributed by atoms with Gasteiger partial charge in [0.15, 0.2) is 0 Å². The van der Waals surface area contributed by atoms with Crippen LogP contribution in [0.15, 0.2) is 70.9 Å². The lowest BCUT2D eigenvalue weighted by atomic mass is 10.0. The van der Waals surface area contributed by atoms with Gasteiger partial charge < -0.3 is 0 Å². The Morgan fingerprint density at radius 3 is 1.34 bits per heavy atom. The minimum Gasteiger partial charge on any atom is -0.273 e. The first kappa shape index (κ1) is 28.0. The smallest absolute Gasteiger partial charge is 0.240 e. The van der Waals surface area contributed by atoms with E-state index < -0.39 is 0 Å². The molecule has 0 spiro atoms. The molecule has 0 heterocycles. The molecule has 0 atom stereocenters. The number of carbonyl (C=O) groups is 2. The molecular formula is C29H40N4O2. The summed E-state index contributed by atoms with van der Waals surface area (Å²) in [7, 11) is 0. The highest BCUT2D eigenvalue weighted by molar-refractivity contribution is 6.01. The number of nitrogens with zero attached hydrogens (tertiary/aromatic N) is 2. The molecule has 0 aromatic heterocycles. The Morgan fingerprint density at radius 1 is 0.629 bits per heavy atom. The SMILES string of the molecule is CC(C)CC(=NNC(=O)CCCCCC(=O)NN=C(CC(C)C)c1ccccc1)c1ccccc1. The summed E-state index contributed by atoms with van der Waals surface area (Å²) in [5, 5.41) is 8.77. The van der Waals surface area contributed by atoms with E-state index in [0.717, 1.165) is 41.8 Å². The highest BCUT2D eigenvalue weighted by Crippen LogP contribution is 2.12. The maximum atomic E-state index is 12.2. The van der Waals surface area contributed by atoms with Crippen LogP contribution < -0.4 is 10.9 Å². The van der Waals surface area contributed by atoms with Gasteiger partial charge in [0.05, 0.1) is 11.4 Å². The van der Waals surface area contributed by atoms with Crippen LogP contribution in [0.5, 0.6) is 0 Å². The predicted molar refractivity (Wildman–Crippen MR) is 144 cm³/mol. The van der Waals surface area contributed by atoms with Crippen molar-refractivity contribution < 1.29 is 9.59 Å². The van der Waals surface area contributed by atoms with Crippen molar-refractivity contribution in [3.8, 4) is 0 Å². The lowest BCUT2D eigenvalue weighted by Gasteiger charge is -2.10. The van der Waals surface area contributed by atoms with Crippen LogP contribution in [0.4, 0.5) is 0 Å². The third kappa shape index (κ3) is 11.6. The van der Waals surface area contributed by atoms with Gasteiger partial charge in [-0.25, -0.2) is 10.9 Å². The highest BCUT2D eigenvalue weighted by atomic mass is 16.2. The number of hydrogen-bond acceptors (Lipinski definition) is 4. The Hall–Kier alpha value is -3.28. The molecule has 0 unspecified atom stereocenters. The van der Waals surface area contributed by atoms with Crippen molar-refractivity contribution in [2.75, 3.05) is 0 Å². The molecule has 0 aliphatic heterocycles. The van der Waals surface area contributed by atoms with E-state index in [1.165, 1.54) is 0 Å². The van der Waals surface area contributed by atoms with Crippen LogP contribution >= 0.6 is 0 Å². The van der Waals surface area contributed by atoms with Crippen molar-refractivity contribution in [2.24, 2.45) is 22.0 Å². The number of unbranched alkanes of at least 4 members (excludes halogenated alkanes) is 2. The monoisotopic (exact) mass is 476 g/mol. The van der Waals surface area contributed by atoms with Gasteiger partial charge in [-0.2, -0.15) is 10.2 Å². The van der Waals surface area contributed by atoms with E-state index in [1.54, 1.807) is 0 Å². The van der Waals surface area contributed by atoms with Gasteiger partial charge in [0.25, 0.3) is 0 Å². The second-order valence-corrected chi connectivity index (χ2v) is 9.68. The average molecular weight is 477 g/mol. The molecule has 35 heavy (non-hydrogen) atoms. The molecule has 0 fully saturated rings. The molecule has 2 aromatic rings. The fraction of sp³-hybridized carbons (Fsp3) is 0.448. The molecule has 0 saturated heterocycles. The number of hydrazone groups is 2. The van der Waals surface area contributed by atoms with Crippen LogP contribution in [0.1, 0.15) is 83.8 Å². The molecule has 6 heteroatoms. The van der Waals surface area contributed by atoms with Gasteiger partial charge in [0, 0.05) is 12.8 Å². The van der Waals surface area contributed by atoms with Crippen molar-refractivity contribution in [3.63, 3.8) is 0 Å². The fourth-order valence-corrected chi connectivity index (χ4v) is 3.61. The molecule has 2 amide bonds. The zero-order valence-electron chi connectivity index (χ0n) is 21.6. The van der Waals surface area contributed by atoms with Crippen molar-refractivity contribution >= 4 is 23.2 Å². The summed E-state index contributed by atoms with van der Waals surface area (Å²) in [4.78, 5) is 24.5. The second kappa shape index (κ2) is 15.6. The first-order valence-electron chi connectivity index (χ1n) is 12.7. The van der Waals surface area contributed by atoms with Gasteiger partial charge in [-0.15, -0.1) is 0 Å². The maximum absolute atomic E-state index is 12.2. The number of rotatable bonds is 14. The van der Waals surface area contributed by atoms with Crippen LogP contribution in [0.25, 0.3) is 0 Å². The number of carbonyl (C=O) groups excluding carboxylic acids is 2. The van der Waals surface area contributed by atoms with Gasteiger partial charge >= 0.3 is 0 Å². The third-order valence-corrected chi connectivity index (χ3v) is 5.36. The summed E-state index contributed by atoms with van der Waals surface area (Å²) in [5.74, 6) is 0.681. The molecule has 0 aliphatic rings. The number of amides is 2. The summed E-state index contributed by atoms with van der Waals surface area (Å²) in [6.07, 6.45) is 4.59. The highest BCUT2D eigenvalue weighted by Gasteiger charge is 2.09. The summed E-state index contributed by atoms with van der Waals surface area (Å²) in [6, 6.07) is 19.9. The molecule has 0 bridgehead atoms. The Balaban J connectivity index is 1.73. The summed E-state index contributed by atoms with van der Waals surface area (Å²) in [6.45, 7) is 8.53. The van der Waals surface area contributed by atoms with E-state index in [1.807, 2.05) is 60.7 Å². The molecule has 6 nitrogen and oxygen atoms in total. The average Bonchev–Trinajstić information content (AvgIpc) is 2.84. The Bertz CT molecular complexity index is 887. The lowest BCUT2D eigenvalue weighted by Crippen LogP contribution is -2.21. The molecule has 2 aromatic carbocycles.